The Morgan fingerprint density at radius 1 is 1.03 bits per heavy atom. The van der Waals surface area contributed by atoms with Gasteiger partial charge in [0.05, 0.1) is 11.3 Å². The van der Waals surface area contributed by atoms with Gasteiger partial charge in [-0.1, -0.05) is 37.5 Å². The van der Waals surface area contributed by atoms with Crippen LogP contribution in [0, 0.1) is 13.8 Å². The van der Waals surface area contributed by atoms with E-state index in [1.54, 1.807) is 0 Å². The number of rotatable bonds is 6. The molecule has 1 fully saturated rings. The Balaban J connectivity index is 1.65. The minimum absolute atomic E-state index is 0.131. The number of anilines is 1. The van der Waals surface area contributed by atoms with E-state index in [0.29, 0.717) is 17.4 Å². The van der Waals surface area contributed by atoms with Crippen LogP contribution in [-0.4, -0.2) is 35.6 Å². The van der Waals surface area contributed by atoms with Gasteiger partial charge < -0.3 is 10.2 Å². The Kier molecular flexibility index (Phi) is 7.37. The van der Waals surface area contributed by atoms with E-state index < -0.39 is 0 Å². The standard InChI is InChI=1S/C24H30N2O2S/c1-17-13-18(2)15-19(14-17)25-24(28)21-11-7-8-12-22(21)29-16-23(27)26(3)20-9-5-4-6-10-20/h7-8,11-15,20H,4-6,9-10,16H2,1-3H3,(H,25,28). The molecule has 4 nitrogen and oxygen atoms in total. The van der Waals surface area contributed by atoms with Crippen molar-refractivity contribution in [2.45, 2.75) is 56.9 Å². The van der Waals surface area contributed by atoms with Crippen LogP contribution in [0.5, 0.6) is 0 Å². The van der Waals surface area contributed by atoms with Gasteiger partial charge in [-0.05, 0) is 62.1 Å². The Morgan fingerprint density at radius 3 is 2.38 bits per heavy atom. The highest BCUT2D eigenvalue weighted by molar-refractivity contribution is 8.00. The molecule has 0 aromatic heterocycles. The fourth-order valence-corrected chi connectivity index (χ4v) is 4.91. The van der Waals surface area contributed by atoms with E-state index in [-0.39, 0.29) is 11.8 Å². The molecule has 0 atom stereocenters. The van der Waals surface area contributed by atoms with Crippen molar-refractivity contribution in [3.63, 3.8) is 0 Å². The van der Waals surface area contributed by atoms with E-state index in [2.05, 4.69) is 11.4 Å². The summed E-state index contributed by atoms with van der Waals surface area (Å²) < 4.78 is 0. The first-order chi connectivity index (χ1) is 13.9. The van der Waals surface area contributed by atoms with Gasteiger partial charge in [0.25, 0.3) is 5.91 Å². The first-order valence-electron chi connectivity index (χ1n) is 10.3. The van der Waals surface area contributed by atoms with Crippen LogP contribution < -0.4 is 5.32 Å². The summed E-state index contributed by atoms with van der Waals surface area (Å²) in [6.45, 7) is 4.03. The number of amides is 2. The monoisotopic (exact) mass is 410 g/mol. The quantitative estimate of drug-likeness (QED) is 0.645. The van der Waals surface area contributed by atoms with Gasteiger partial charge in [0, 0.05) is 23.7 Å². The summed E-state index contributed by atoms with van der Waals surface area (Å²) in [6.07, 6.45) is 5.88. The maximum absolute atomic E-state index is 12.9. The number of thioether (sulfide) groups is 1. The van der Waals surface area contributed by atoms with E-state index >= 15 is 0 Å². The van der Waals surface area contributed by atoms with Crippen LogP contribution in [0.4, 0.5) is 5.69 Å². The third-order valence-electron chi connectivity index (χ3n) is 5.48. The van der Waals surface area contributed by atoms with Crippen LogP contribution in [0.2, 0.25) is 0 Å². The van der Waals surface area contributed by atoms with Crippen LogP contribution in [-0.2, 0) is 4.79 Å². The summed E-state index contributed by atoms with van der Waals surface area (Å²) in [5, 5.41) is 2.99. The molecule has 1 N–H and O–H groups in total. The van der Waals surface area contributed by atoms with Gasteiger partial charge in [-0.2, -0.15) is 0 Å². The van der Waals surface area contributed by atoms with Crippen LogP contribution >= 0.6 is 11.8 Å². The third kappa shape index (κ3) is 5.86. The molecule has 3 rings (SSSR count). The zero-order chi connectivity index (χ0) is 20.8. The highest BCUT2D eigenvalue weighted by atomic mass is 32.2. The topological polar surface area (TPSA) is 49.4 Å². The molecule has 29 heavy (non-hydrogen) atoms. The number of nitrogens with one attached hydrogen (secondary N) is 1. The summed E-state index contributed by atoms with van der Waals surface area (Å²) in [5.74, 6) is 0.332. The van der Waals surface area contributed by atoms with Crippen LogP contribution in [0.15, 0.2) is 47.4 Å². The first-order valence-corrected chi connectivity index (χ1v) is 11.3. The molecule has 1 saturated carbocycles. The van der Waals surface area contributed by atoms with Gasteiger partial charge in [-0.15, -0.1) is 11.8 Å². The molecule has 0 bridgehead atoms. The summed E-state index contributed by atoms with van der Waals surface area (Å²) in [5.41, 5.74) is 3.61. The average molecular weight is 411 g/mol. The highest BCUT2D eigenvalue weighted by Crippen LogP contribution is 2.26. The van der Waals surface area contributed by atoms with Crippen molar-refractivity contribution in [3.05, 3.63) is 59.2 Å². The molecule has 0 aliphatic heterocycles. The van der Waals surface area contributed by atoms with E-state index in [1.807, 2.05) is 62.2 Å². The van der Waals surface area contributed by atoms with Crippen LogP contribution in [0.3, 0.4) is 0 Å². The van der Waals surface area contributed by atoms with E-state index in [9.17, 15) is 9.59 Å². The van der Waals surface area contributed by atoms with Gasteiger partial charge in [-0.25, -0.2) is 0 Å². The lowest BCUT2D eigenvalue weighted by Gasteiger charge is -2.31. The second-order valence-corrected chi connectivity index (χ2v) is 8.93. The maximum atomic E-state index is 12.9. The van der Waals surface area contributed by atoms with Crippen molar-refractivity contribution in [1.29, 1.82) is 0 Å². The van der Waals surface area contributed by atoms with Crippen LogP contribution in [0.25, 0.3) is 0 Å². The minimum Gasteiger partial charge on any atom is -0.342 e. The number of carbonyl (C=O) groups is 2. The Labute approximate surface area is 178 Å². The summed E-state index contributed by atoms with van der Waals surface area (Å²) >= 11 is 1.44. The van der Waals surface area contributed by atoms with Gasteiger partial charge in [0.2, 0.25) is 5.91 Å². The molecule has 0 spiro atoms. The van der Waals surface area contributed by atoms with Gasteiger partial charge in [-0.3, -0.25) is 9.59 Å². The third-order valence-corrected chi connectivity index (χ3v) is 6.54. The van der Waals surface area contributed by atoms with Gasteiger partial charge >= 0.3 is 0 Å². The van der Waals surface area contributed by atoms with E-state index in [4.69, 9.17) is 0 Å². The molecule has 1 aliphatic carbocycles. The van der Waals surface area contributed by atoms with E-state index in [1.165, 1.54) is 31.0 Å². The molecule has 0 unspecified atom stereocenters. The maximum Gasteiger partial charge on any atom is 0.256 e. The van der Waals surface area contributed by atoms with Crippen LogP contribution in [0.1, 0.15) is 53.6 Å². The molecular formula is C24H30N2O2S. The number of carbonyl (C=O) groups excluding carboxylic acids is 2. The molecule has 0 saturated heterocycles. The number of hydrogen-bond acceptors (Lipinski definition) is 3. The fraction of sp³-hybridized carbons (Fsp3) is 0.417. The molecule has 5 heteroatoms. The second-order valence-electron chi connectivity index (χ2n) is 7.91. The molecular weight excluding hydrogens is 380 g/mol. The van der Waals surface area contributed by atoms with Crippen molar-refractivity contribution in [2.24, 2.45) is 0 Å². The Bertz CT molecular complexity index is 855. The number of aryl methyl sites for hydroxylation is 2. The molecule has 1 aliphatic rings. The van der Waals surface area contributed by atoms with Gasteiger partial charge in [0.1, 0.15) is 0 Å². The normalized spacial score (nSPS) is 14.4. The summed E-state index contributed by atoms with van der Waals surface area (Å²) in [6, 6.07) is 13.9. The average Bonchev–Trinajstić information content (AvgIpc) is 2.71. The van der Waals surface area contributed by atoms with Gasteiger partial charge in [0.15, 0.2) is 0 Å². The zero-order valence-electron chi connectivity index (χ0n) is 17.5. The molecule has 2 aromatic carbocycles. The zero-order valence-corrected chi connectivity index (χ0v) is 18.3. The highest BCUT2D eigenvalue weighted by Gasteiger charge is 2.22. The predicted octanol–water partition coefficient (Wildman–Crippen LogP) is 5.44. The first kappa shape index (κ1) is 21.4. The lowest BCUT2D eigenvalue weighted by molar-refractivity contribution is -0.129. The lowest BCUT2D eigenvalue weighted by atomic mass is 9.94. The molecule has 0 heterocycles. The Hall–Kier alpha value is -2.27. The predicted molar refractivity (Wildman–Crippen MR) is 121 cm³/mol. The lowest BCUT2D eigenvalue weighted by Crippen LogP contribution is -2.39. The molecule has 2 aromatic rings. The molecule has 0 radical (unpaired) electrons. The Morgan fingerprint density at radius 2 is 1.69 bits per heavy atom. The van der Waals surface area contributed by atoms with Crippen molar-refractivity contribution in [1.82, 2.24) is 4.90 Å². The number of nitrogens with zero attached hydrogens (tertiary/aromatic N) is 1. The fourth-order valence-electron chi connectivity index (χ4n) is 3.94. The van der Waals surface area contributed by atoms with Crippen molar-refractivity contribution < 1.29 is 9.59 Å². The minimum atomic E-state index is -0.147. The largest absolute Gasteiger partial charge is 0.342 e. The molecule has 2 amide bonds. The van der Waals surface area contributed by atoms with E-state index in [0.717, 1.165) is 34.6 Å². The van der Waals surface area contributed by atoms with Crippen molar-refractivity contribution >= 4 is 29.3 Å². The summed E-state index contributed by atoms with van der Waals surface area (Å²) in [7, 11) is 1.91. The SMILES string of the molecule is Cc1cc(C)cc(NC(=O)c2ccccc2SCC(=O)N(C)C2CCCCC2)c1. The van der Waals surface area contributed by atoms with Crippen molar-refractivity contribution in [3.8, 4) is 0 Å². The smallest absolute Gasteiger partial charge is 0.256 e. The number of hydrogen-bond donors (Lipinski definition) is 1. The number of benzene rings is 2. The molecule has 154 valence electrons. The van der Waals surface area contributed by atoms with Crippen molar-refractivity contribution in [2.75, 3.05) is 18.1 Å². The summed E-state index contributed by atoms with van der Waals surface area (Å²) in [4.78, 5) is 28.3. The second kappa shape index (κ2) is 9.97.